The summed E-state index contributed by atoms with van der Waals surface area (Å²) in [6.45, 7) is 5.60. The van der Waals surface area contributed by atoms with E-state index in [9.17, 15) is 4.79 Å². The van der Waals surface area contributed by atoms with Gasteiger partial charge >= 0.3 is 5.97 Å². The fraction of sp³-hybridized carbons (Fsp3) is 0.471. The average Bonchev–Trinajstić information content (AvgIpc) is 2.92. The third-order valence-corrected chi connectivity index (χ3v) is 4.14. The molecule has 0 radical (unpaired) electrons. The standard InChI is InChI=1S/C17H24N2O2/c1-3-19-12-4-5-16(19)13-18(2)15-9-6-14(7-10-15)8-11-17(20)21/h6-11,16H,3-5,12-13H2,1-2H3,(H,20,21). The molecule has 0 spiro atoms. The zero-order valence-electron chi connectivity index (χ0n) is 12.8. The molecule has 2 rings (SSSR count). The molecule has 1 N–H and O–H groups in total. The molecule has 4 nitrogen and oxygen atoms in total. The van der Waals surface area contributed by atoms with Gasteiger partial charge in [-0.15, -0.1) is 0 Å². The number of carboxylic acid groups (broad SMARTS) is 1. The molecule has 0 aromatic heterocycles. The van der Waals surface area contributed by atoms with Crippen LogP contribution in [0, 0.1) is 0 Å². The highest BCUT2D eigenvalue weighted by molar-refractivity contribution is 5.85. The Hall–Kier alpha value is -1.81. The smallest absolute Gasteiger partial charge is 0.328 e. The van der Waals surface area contributed by atoms with Gasteiger partial charge < -0.3 is 10.0 Å². The second-order valence-electron chi connectivity index (χ2n) is 5.57. The molecule has 1 aliphatic heterocycles. The molecule has 4 heteroatoms. The molecular formula is C17H24N2O2. The van der Waals surface area contributed by atoms with E-state index in [4.69, 9.17) is 5.11 Å². The maximum Gasteiger partial charge on any atom is 0.328 e. The summed E-state index contributed by atoms with van der Waals surface area (Å²) in [4.78, 5) is 15.3. The Balaban J connectivity index is 1.96. The zero-order valence-corrected chi connectivity index (χ0v) is 12.8. The number of anilines is 1. The van der Waals surface area contributed by atoms with Crippen molar-refractivity contribution in [2.24, 2.45) is 0 Å². The van der Waals surface area contributed by atoms with Crippen LogP contribution in [0.3, 0.4) is 0 Å². The Kier molecular flexibility index (Phi) is 5.39. The average molecular weight is 288 g/mol. The molecule has 1 fully saturated rings. The lowest BCUT2D eigenvalue weighted by Crippen LogP contribution is -2.38. The highest BCUT2D eigenvalue weighted by Crippen LogP contribution is 2.21. The third-order valence-electron chi connectivity index (χ3n) is 4.14. The largest absolute Gasteiger partial charge is 0.478 e. The number of likely N-dealkylation sites (tertiary alicyclic amines) is 1. The van der Waals surface area contributed by atoms with Crippen LogP contribution in [0.15, 0.2) is 30.3 Å². The van der Waals surface area contributed by atoms with E-state index in [1.165, 1.54) is 25.1 Å². The van der Waals surface area contributed by atoms with E-state index < -0.39 is 5.97 Å². The summed E-state index contributed by atoms with van der Waals surface area (Å²) >= 11 is 0. The van der Waals surface area contributed by atoms with Crippen LogP contribution in [0.1, 0.15) is 25.3 Å². The van der Waals surface area contributed by atoms with Gasteiger partial charge in [-0.1, -0.05) is 19.1 Å². The van der Waals surface area contributed by atoms with E-state index in [1.807, 2.05) is 24.3 Å². The molecule has 1 atom stereocenters. The maximum absolute atomic E-state index is 10.5. The van der Waals surface area contributed by atoms with Crippen molar-refractivity contribution in [3.05, 3.63) is 35.9 Å². The summed E-state index contributed by atoms with van der Waals surface area (Å²) in [5.74, 6) is -0.919. The SMILES string of the molecule is CCN1CCCC1CN(C)c1ccc(C=CC(=O)O)cc1. The number of benzene rings is 1. The number of rotatable bonds is 6. The molecule has 0 aliphatic carbocycles. The quantitative estimate of drug-likeness (QED) is 0.817. The van der Waals surface area contributed by atoms with E-state index in [0.717, 1.165) is 24.7 Å². The second kappa shape index (κ2) is 7.27. The maximum atomic E-state index is 10.5. The van der Waals surface area contributed by atoms with Crippen LogP contribution in [0.5, 0.6) is 0 Å². The van der Waals surface area contributed by atoms with Gasteiger partial charge in [-0.25, -0.2) is 4.79 Å². The van der Waals surface area contributed by atoms with Crippen molar-refractivity contribution in [1.82, 2.24) is 4.90 Å². The summed E-state index contributed by atoms with van der Waals surface area (Å²) in [6.07, 6.45) is 5.35. The minimum absolute atomic E-state index is 0.645. The summed E-state index contributed by atoms with van der Waals surface area (Å²) < 4.78 is 0. The summed E-state index contributed by atoms with van der Waals surface area (Å²) in [5, 5.41) is 8.63. The Morgan fingerprint density at radius 2 is 2.14 bits per heavy atom. The number of nitrogens with zero attached hydrogens (tertiary/aromatic N) is 2. The van der Waals surface area contributed by atoms with Gasteiger partial charge in [0.2, 0.25) is 0 Å². The van der Waals surface area contributed by atoms with Crippen LogP contribution in [-0.2, 0) is 4.79 Å². The number of hydrogen-bond donors (Lipinski definition) is 1. The van der Waals surface area contributed by atoms with Crippen LogP contribution >= 0.6 is 0 Å². The van der Waals surface area contributed by atoms with E-state index >= 15 is 0 Å². The highest BCUT2D eigenvalue weighted by Gasteiger charge is 2.23. The number of likely N-dealkylation sites (N-methyl/N-ethyl adjacent to an activating group) is 2. The van der Waals surface area contributed by atoms with Gasteiger partial charge in [0.1, 0.15) is 0 Å². The lowest BCUT2D eigenvalue weighted by Gasteiger charge is -2.29. The van der Waals surface area contributed by atoms with Crippen molar-refractivity contribution in [1.29, 1.82) is 0 Å². The Labute approximate surface area is 126 Å². The van der Waals surface area contributed by atoms with Gasteiger partial charge in [0.05, 0.1) is 0 Å². The van der Waals surface area contributed by atoms with E-state index in [-0.39, 0.29) is 0 Å². The molecule has 1 aromatic rings. The first-order valence-corrected chi connectivity index (χ1v) is 7.56. The van der Waals surface area contributed by atoms with Crippen LogP contribution in [0.25, 0.3) is 6.08 Å². The Bertz CT molecular complexity index is 496. The van der Waals surface area contributed by atoms with Crippen LogP contribution in [-0.4, -0.2) is 48.7 Å². The summed E-state index contributed by atoms with van der Waals surface area (Å²) in [5.41, 5.74) is 2.08. The van der Waals surface area contributed by atoms with E-state index in [2.05, 4.69) is 23.8 Å². The monoisotopic (exact) mass is 288 g/mol. The summed E-state index contributed by atoms with van der Waals surface area (Å²) in [7, 11) is 2.12. The lowest BCUT2D eigenvalue weighted by molar-refractivity contribution is -0.131. The molecule has 0 amide bonds. The van der Waals surface area contributed by atoms with Crippen LogP contribution in [0.2, 0.25) is 0 Å². The zero-order chi connectivity index (χ0) is 15.2. The molecule has 1 saturated heterocycles. The van der Waals surface area contributed by atoms with Gasteiger partial charge in [-0.05, 0) is 49.7 Å². The molecule has 1 aromatic carbocycles. The van der Waals surface area contributed by atoms with E-state index in [1.54, 1.807) is 6.08 Å². The van der Waals surface area contributed by atoms with Gasteiger partial charge in [-0.2, -0.15) is 0 Å². The molecule has 1 aliphatic rings. The molecule has 0 saturated carbocycles. The predicted octanol–water partition coefficient (Wildman–Crippen LogP) is 2.70. The van der Waals surface area contributed by atoms with Crippen molar-refractivity contribution < 1.29 is 9.90 Å². The predicted molar refractivity (Wildman–Crippen MR) is 86.7 cm³/mol. The van der Waals surface area contributed by atoms with Crippen LogP contribution in [0.4, 0.5) is 5.69 Å². The minimum Gasteiger partial charge on any atom is -0.478 e. The van der Waals surface area contributed by atoms with Gasteiger partial charge in [-0.3, -0.25) is 4.90 Å². The first-order chi connectivity index (χ1) is 10.1. The van der Waals surface area contributed by atoms with Crippen molar-refractivity contribution in [3.63, 3.8) is 0 Å². The van der Waals surface area contributed by atoms with Crippen molar-refractivity contribution >= 4 is 17.7 Å². The van der Waals surface area contributed by atoms with Crippen molar-refractivity contribution in [3.8, 4) is 0 Å². The number of hydrogen-bond acceptors (Lipinski definition) is 3. The molecule has 0 bridgehead atoms. The normalized spacial score (nSPS) is 19.2. The van der Waals surface area contributed by atoms with Crippen molar-refractivity contribution in [2.75, 3.05) is 31.6 Å². The third kappa shape index (κ3) is 4.33. The van der Waals surface area contributed by atoms with E-state index in [0.29, 0.717) is 6.04 Å². The molecule has 1 unspecified atom stereocenters. The second-order valence-corrected chi connectivity index (χ2v) is 5.57. The Morgan fingerprint density at radius 1 is 1.43 bits per heavy atom. The topological polar surface area (TPSA) is 43.8 Å². The van der Waals surface area contributed by atoms with Crippen molar-refractivity contribution in [2.45, 2.75) is 25.8 Å². The number of carbonyl (C=O) groups is 1. The number of aliphatic carboxylic acids is 1. The van der Waals surface area contributed by atoms with Gasteiger partial charge in [0, 0.05) is 31.4 Å². The van der Waals surface area contributed by atoms with Gasteiger partial charge in [0.15, 0.2) is 0 Å². The molecule has 1 heterocycles. The molecular weight excluding hydrogens is 264 g/mol. The summed E-state index contributed by atoms with van der Waals surface area (Å²) in [6, 6.07) is 8.65. The lowest BCUT2D eigenvalue weighted by atomic mass is 10.1. The van der Waals surface area contributed by atoms with Crippen LogP contribution < -0.4 is 4.90 Å². The number of carboxylic acids is 1. The molecule has 21 heavy (non-hydrogen) atoms. The van der Waals surface area contributed by atoms with Gasteiger partial charge in [0.25, 0.3) is 0 Å². The minimum atomic E-state index is -0.919. The first-order valence-electron chi connectivity index (χ1n) is 7.56. The highest BCUT2D eigenvalue weighted by atomic mass is 16.4. The Morgan fingerprint density at radius 3 is 2.76 bits per heavy atom. The fourth-order valence-corrected chi connectivity index (χ4v) is 2.95. The first kappa shape index (κ1) is 15.6. The fourth-order valence-electron chi connectivity index (χ4n) is 2.95. The molecule has 114 valence electrons.